The maximum atomic E-state index is 12.6. The summed E-state index contributed by atoms with van der Waals surface area (Å²) < 4.78 is 7.09. The average Bonchev–Trinajstić information content (AvgIpc) is 3.58. The summed E-state index contributed by atoms with van der Waals surface area (Å²) in [4.78, 5) is 41.3. The number of imidazole rings is 1. The predicted molar refractivity (Wildman–Crippen MR) is 163 cm³/mol. The second-order valence-corrected chi connectivity index (χ2v) is 10.2. The number of amides is 2. The lowest BCUT2D eigenvalue weighted by Gasteiger charge is -2.16. The van der Waals surface area contributed by atoms with Gasteiger partial charge in [-0.05, 0) is 47.6 Å². The van der Waals surface area contributed by atoms with Crippen molar-refractivity contribution in [1.29, 1.82) is 0 Å². The Labute approximate surface area is 256 Å². The van der Waals surface area contributed by atoms with E-state index in [0.717, 1.165) is 11.1 Å². The van der Waals surface area contributed by atoms with Crippen molar-refractivity contribution in [2.75, 3.05) is 30.3 Å². The third-order valence-corrected chi connectivity index (χ3v) is 7.07. The maximum absolute atomic E-state index is 12.6. The molecule has 2 amide bonds. The first-order valence-electron chi connectivity index (χ1n) is 13.7. The lowest BCUT2D eigenvalue weighted by Crippen LogP contribution is -2.33. The van der Waals surface area contributed by atoms with Gasteiger partial charge in [0.25, 0.3) is 0 Å². The van der Waals surface area contributed by atoms with Gasteiger partial charge in [0, 0.05) is 17.9 Å². The largest absolute Gasteiger partial charge is 0.394 e. The molecule has 15 heteroatoms. The van der Waals surface area contributed by atoms with Crippen molar-refractivity contribution in [3.63, 3.8) is 0 Å². The second kappa shape index (κ2) is 14.2. The van der Waals surface area contributed by atoms with Gasteiger partial charge in [-0.3, -0.25) is 14.2 Å². The molecule has 4 aromatic rings. The van der Waals surface area contributed by atoms with Gasteiger partial charge in [-0.1, -0.05) is 24.3 Å². The molecule has 2 aromatic heterocycles. The number of aliphatic hydroxyl groups excluding tert-OH is 3. The van der Waals surface area contributed by atoms with Crippen molar-refractivity contribution in [3.8, 4) is 0 Å². The van der Waals surface area contributed by atoms with Crippen LogP contribution < -0.4 is 16.0 Å². The molecule has 3 heterocycles. The number of hydrogen-bond donors (Lipinski definition) is 6. The zero-order valence-electron chi connectivity index (χ0n) is 23.3. The number of anilines is 3. The van der Waals surface area contributed by atoms with Crippen LogP contribution in [0.1, 0.15) is 17.4 Å². The molecule has 2 aromatic carbocycles. The minimum atomic E-state index is -1.27. The number of thiocarbonyl (C=S) groups is 1. The molecule has 14 nitrogen and oxygen atoms in total. The molecule has 0 radical (unpaired) electrons. The molecule has 5 rings (SSSR count). The Hall–Kier alpha value is -4.63. The van der Waals surface area contributed by atoms with Crippen molar-refractivity contribution in [2.24, 2.45) is 4.99 Å². The minimum Gasteiger partial charge on any atom is -0.394 e. The molecule has 0 bridgehead atoms. The predicted octanol–water partition coefficient (Wildman–Crippen LogP) is 1.12. The number of benzene rings is 2. The van der Waals surface area contributed by atoms with Crippen LogP contribution >= 0.6 is 12.2 Å². The van der Waals surface area contributed by atoms with Crippen LogP contribution in [0.3, 0.4) is 0 Å². The molecule has 1 aliphatic heterocycles. The first kappa shape index (κ1) is 30.8. The number of nitrogens with one attached hydrogen (secondary N) is 3. The van der Waals surface area contributed by atoms with Gasteiger partial charge in [0.15, 0.2) is 23.2 Å². The first-order valence-corrected chi connectivity index (χ1v) is 14.1. The zero-order valence-corrected chi connectivity index (χ0v) is 24.1. The average molecular weight is 619 g/mol. The van der Waals surface area contributed by atoms with Gasteiger partial charge in [-0.25, -0.2) is 19.9 Å². The topological polar surface area (TPSA) is 196 Å². The molecule has 228 valence electrons. The standard InChI is InChI=1S/C29H30N8O6S/c38-13-21-25(41)26(42)29(43-21)37-15-34-24-27(32-14-33-28(24)37)36-20-7-3-18(4-8-20)12-23(40)35-19-5-1-17(2-6-19)11-22(39)31-10-9-30-16-44/h1-8,14-15,21,25-26,29,38,41-42H,9-13H2,(H,31,39)(H,35,40)(H,32,33,36)/t21-,25-,26-,29?/m1/s1. The quantitative estimate of drug-likeness (QED) is 0.0756. The Morgan fingerprint density at radius 2 is 1.64 bits per heavy atom. The molecule has 1 fully saturated rings. The molecule has 1 saturated heterocycles. The van der Waals surface area contributed by atoms with Crippen molar-refractivity contribution in [3.05, 3.63) is 72.3 Å². The Kier molecular flexibility index (Phi) is 9.96. The number of ether oxygens (including phenoxy) is 1. The molecule has 0 saturated carbocycles. The Morgan fingerprint density at radius 1 is 0.955 bits per heavy atom. The van der Waals surface area contributed by atoms with Crippen molar-refractivity contribution < 1.29 is 29.6 Å². The second-order valence-electron chi connectivity index (χ2n) is 10.0. The lowest BCUT2D eigenvalue weighted by atomic mass is 10.1. The molecular formula is C29H30N8O6S. The van der Waals surface area contributed by atoms with E-state index < -0.39 is 31.1 Å². The number of aliphatic hydroxyl groups is 3. The number of aromatic nitrogens is 4. The fraction of sp³-hybridized carbons (Fsp3) is 0.310. The van der Waals surface area contributed by atoms with Gasteiger partial charge in [0.1, 0.15) is 24.6 Å². The number of aliphatic imine (C=N–C) groups is 1. The van der Waals surface area contributed by atoms with E-state index in [1.54, 1.807) is 36.4 Å². The van der Waals surface area contributed by atoms with Crippen LogP contribution in [0.4, 0.5) is 17.2 Å². The van der Waals surface area contributed by atoms with Crippen LogP contribution in [0.15, 0.2) is 66.2 Å². The molecule has 0 aliphatic carbocycles. The van der Waals surface area contributed by atoms with Crippen LogP contribution in [0, 0.1) is 0 Å². The van der Waals surface area contributed by atoms with Crippen LogP contribution in [0.2, 0.25) is 0 Å². The SMILES string of the molecule is O=C(Cc1ccc(NC(=O)Cc2ccc(Nc3ncnc4c3ncn4C3O[C@H](CO)[C@@H](O)[C@H]3O)cc2)cc1)NCCN=C=S. The summed E-state index contributed by atoms with van der Waals surface area (Å²) in [6.07, 6.45) is -1.29. The normalized spacial score (nSPS) is 19.3. The van der Waals surface area contributed by atoms with Crippen LogP contribution in [0.5, 0.6) is 0 Å². The minimum absolute atomic E-state index is 0.130. The van der Waals surface area contributed by atoms with E-state index in [4.69, 9.17) is 4.74 Å². The van der Waals surface area contributed by atoms with Gasteiger partial charge in [0.05, 0.1) is 37.5 Å². The number of isothiocyanates is 1. The third-order valence-electron chi connectivity index (χ3n) is 6.94. The van der Waals surface area contributed by atoms with E-state index >= 15 is 0 Å². The monoisotopic (exact) mass is 618 g/mol. The van der Waals surface area contributed by atoms with E-state index in [-0.39, 0.29) is 24.7 Å². The lowest BCUT2D eigenvalue weighted by molar-refractivity contribution is -0.120. The molecule has 6 N–H and O–H groups in total. The van der Waals surface area contributed by atoms with Gasteiger partial charge in [-0.2, -0.15) is 0 Å². The zero-order chi connectivity index (χ0) is 31.1. The van der Waals surface area contributed by atoms with Gasteiger partial charge < -0.3 is 36.0 Å². The van der Waals surface area contributed by atoms with E-state index in [0.29, 0.717) is 41.4 Å². The Balaban J connectivity index is 1.15. The number of carbonyl (C=O) groups is 2. The highest BCUT2D eigenvalue weighted by atomic mass is 32.1. The van der Waals surface area contributed by atoms with Gasteiger partial charge >= 0.3 is 0 Å². The summed E-state index contributed by atoms with van der Waals surface area (Å²) >= 11 is 4.49. The van der Waals surface area contributed by atoms with Gasteiger partial charge in [0.2, 0.25) is 11.8 Å². The highest BCUT2D eigenvalue weighted by molar-refractivity contribution is 7.78. The molecule has 0 spiro atoms. The van der Waals surface area contributed by atoms with Crippen LogP contribution in [-0.2, 0) is 27.2 Å². The highest BCUT2D eigenvalue weighted by Crippen LogP contribution is 2.32. The van der Waals surface area contributed by atoms with E-state index in [9.17, 15) is 24.9 Å². The highest BCUT2D eigenvalue weighted by Gasteiger charge is 2.44. The summed E-state index contributed by atoms with van der Waals surface area (Å²) in [6.45, 7) is 0.342. The van der Waals surface area contributed by atoms with Crippen LogP contribution in [-0.4, -0.2) is 89.8 Å². The third kappa shape index (κ3) is 7.29. The summed E-state index contributed by atoms with van der Waals surface area (Å²) in [5.74, 6) is 0.0876. The smallest absolute Gasteiger partial charge is 0.228 e. The van der Waals surface area contributed by atoms with E-state index in [1.807, 2.05) is 12.1 Å². The fourth-order valence-corrected chi connectivity index (χ4v) is 4.81. The van der Waals surface area contributed by atoms with Crippen LogP contribution in [0.25, 0.3) is 11.2 Å². The Bertz CT molecular complexity index is 1660. The van der Waals surface area contributed by atoms with E-state index in [2.05, 4.69) is 53.3 Å². The maximum Gasteiger partial charge on any atom is 0.228 e. The molecule has 1 unspecified atom stereocenters. The Morgan fingerprint density at radius 3 is 2.30 bits per heavy atom. The summed E-state index contributed by atoms with van der Waals surface area (Å²) in [6, 6.07) is 14.3. The molecule has 1 aliphatic rings. The van der Waals surface area contributed by atoms with E-state index in [1.165, 1.54) is 17.2 Å². The van der Waals surface area contributed by atoms with Crippen molar-refractivity contribution in [2.45, 2.75) is 37.4 Å². The molecule has 44 heavy (non-hydrogen) atoms. The fourth-order valence-electron chi connectivity index (χ4n) is 4.72. The first-order chi connectivity index (χ1) is 21.4. The summed E-state index contributed by atoms with van der Waals surface area (Å²) in [7, 11) is 0. The number of fused-ring (bicyclic) bond motifs is 1. The number of carbonyl (C=O) groups excluding carboxylic acids is 2. The number of hydrogen-bond acceptors (Lipinski definition) is 12. The molecule has 4 atom stereocenters. The number of nitrogens with zero attached hydrogens (tertiary/aromatic N) is 5. The van der Waals surface area contributed by atoms with Crippen molar-refractivity contribution in [1.82, 2.24) is 24.8 Å². The van der Waals surface area contributed by atoms with Gasteiger partial charge in [-0.15, -0.1) is 0 Å². The number of rotatable bonds is 12. The van der Waals surface area contributed by atoms with Crippen molar-refractivity contribution >= 4 is 57.6 Å². The summed E-state index contributed by atoms with van der Waals surface area (Å²) in [5.41, 5.74) is 3.71. The summed E-state index contributed by atoms with van der Waals surface area (Å²) in [5, 5.41) is 41.0. The molecular weight excluding hydrogens is 588 g/mol.